The molecule has 4 nitrogen and oxygen atoms in total. The summed E-state index contributed by atoms with van der Waals surface area (Å²) in [4.78, 5) is 20.3. The molecule has 0 aliphatic carbocycles. The quantitative estimate of drug-likeness (QED) is 0.813. The number of aliphatic hydroxyl groups is 1. The number of aliphatic hydroxyl groups excluding tert-OH is 1. The lowest BCUT2D eigenvalue weighted by Crippen LogP contribution is -2.13. The van der Waals surface area contributed by atoms with Gasteiger partial charge in [0, 0.05) is 17.9 Å². The molecule has 0 saturated carbocycles. The van der Waals surface area contributed by atoms with E-state index in [9.17, 15) is 9.59 Å². The van der Waals surface area contributed by atoms with Gasteiger partial charge in [0.05, 0.1) is 0 Å². The van der Waals surface area contributed by atoms with E-state index in [0.717, 1.165) is 0 Å². The third-order valence-electron chi connectivity index (χ3n) is 1.14. The van der Waals surface area contributed by atoms with Crippen molar-refractivity contribution in [1.82, 2.24) is 0 Å². The van der Waals surface area contributed by atoms with Crippen LogP contribution in [0.15, 0.2) is 0 Å². The second kappa shape index (κ2) is 15.3. The fourth-order valence-electron chi connectivity index (χ4n) is 0.667. The van der Waals surface area contributed by atoms with Gasteiger partial charge in [-0.1, -0.05) is 27.7 Å². The van der Waals surface area contributed by atoms with Gasteiger partial charge in [0.15, 0.2) is 0 Å². The Bertz CT molecular complexity index is 167. The van der Waals surface area contributed by atoms with E-state index in [1.165, 1.54) is 13.8 Å². The first kappa shape index (κ1) is 25.2. The molecule has 0 bridgehead atoms. The van der Waals surface area contributed by atoms with Crippen LogP contribution in [0, 0.1) is 11.8 Å². The molecule has 0 heterocycles. The van der Waals surface area contributed by atoms with Crippen molar-refractivity contribution < 1.29 is 20.2 Å². The molecular formula is C13H30O4. The van der Waals surface area contributed by atoms with Crippen LogP contribution < -0.4 is 0 Å². The number of Topliss-reactive ketones (excluding diaryl/α,β-unsaturated/α-hetero) is 2. The Morgan fingerprint density at radius 1 is 0.824 bits per heavy atom. The SMILES string of the molecule is CC(C)=O.CC(C)C(=O)C(C)C.CC(C)O.O. The summed E-state index contributed by atoms with van der Waals surface area (Å²) >= 11 is 0. The summed E-state index contributed by atoms with van der Waals surface area (Å²) in [5.74, 6) is 0.926. The molecule has 4 heteroatoms. The minimum atomic E-state index is -0.167. The molecule has 0 aromatic heterocycles. The van der Waals surface area contributed by atoms with Crippen LogP contribution in [0.5, 0.6) is 0 Å². The van der Waals surface area contributed by atoms with Crippen molar-refractivity contribution >= 4 is 11.6 Å². The van der Waals surface area contributed by atoms with Gasteiger partial charge in [-0.25, -0.2) is 0 Å². The minimum absolute atomic E-state index is 0. The second-order valence-electron chi connectivity index (χ2n) is 4.71. The second-order valence-corrected chi connectivity index (χ2v) is 4.71. The van der Waals surface area contributed by atoms with Crippen LogP contribution in [0.4, 0.5) is 0 Å². The number of rotatable bonds is 2. The lowest BCUT2D eigenvalue weighted by Gasteiger charge is -2.05. The Morgan fingerprint density at radius 3 is 0.941 bits per heavy atom. The molecule has 0 radical (unpaired) electrons. The molecule has 0 aromatic rings. The van der Waals surface area contributed by atoms with Crippen LogP contribution in [0.2, 0.25) is 0 Å². The maximum atomic E-state index is 10.8. The van der Waals surface area contributed by atoms with Crippen LogP contribution >= 0.6 is 0 Å². The largest absolute Gasteiger partial charge is 0.412 e. The molecule has 0 unspecified atom stereocenters. The molecule has 0 atom stereocenters. The Morgan fingerprint density at radius 2 is 0.941 bits per heavy atom. The van der Waals surface area contributed by atoms with Gasteiger partial charge in [-0.3, -0.25) is 4.79 Å². The maximum absolute atomic E-state index is 10.8. The molecule has 0 spiro atoms. The Hall–Kier alpha value is -0.740. The van der Waals surface area contributed by atoms with Crippen molar-refractivity contribution in [3.05, 3.63) is 0 Å². The number of carbonyl (C=O) groups is 2. The molecule has 3 N–H and O–H groups in total. The van der Waals surface area contributed by atoms with Crippen LogP contribution in [0.3, 0.4) is 0 Å². The average Bonchev–Trinajstić information content (AvgIpc) is 2.00. The van der Waals surface area contributed by atoms with Gasteiger partial charge in [-0.15, -0.1) is 0 Å². The Labute approximate surface area is 106 Å². The molecule has 0 aliphatic rings. The first-order valence-electron chi connectivity index (χ1n) is 5.71. The highest BCUT2D eigenvalue weighted by Crippen LogP contribution is 2.03. The van der Waals surface area contributed by atoms with E-state index in [0.29, 0.717) is 5.78 Å². The van der Waals surface area contributed by atoms with E-state index < -0.39 is 0 Å². The van der Waals surface area contributed by atoms with Crippen LogP contribution in [0.25, 0.3) is 0 Å². The highest BCUT2D eigenvalue weighted by molar-refractivity contribution is 5.81. The summed E-state index contributed by atoms with van der Waals surface area (Å²) in [6, 6.07) is 0. The van der Waals surface area contributed by atoms with Gasteiger partial charge in [0.25, 0.3) is 0 Å². The van der Waals surface area contributed by atoms with E-state index in [1.54, 1.807) is 13.8 Å². The summed E-state index contributed by atoms with van der Waals surface area (Å²) in [7, 11) is 0. The van der Waals surface area contributed by atoms with Crippen molar-refractivity contribution in [3.63, 3.8) is 0 Å². The van der Waals surface area contributed by atoms with Crippen LogP contribution in [-0.2, 0) is 9.59 Å². The minimum Gasteiger partial charge on any atom is -0.412 e. The zero-order chi connectivity index (χ0) is 13.9. The third-order valence-corrected chi connectivity index (χ3v) is 1.14. The van der Waals surface area contributed by atoms with Crippen molar-refractivity contribution in [2.45, 2.75) is 61.5 Å². The molecule has 106 valence electrons. The number of hydrogen-bond donors (Lipinski definition) is 1. The predicted molar refractivity (Wildman–Crippen MR) is 72.0 cm³/mol. The summed E-state index contributed by atoms with van der Waals surface area (Å²) in [5.41, 5.74) is 0. The van der Waals surface area contributed by atoms with Gasteiger partial charge in [-0.2, -0.15) is 0 Å². The van der Waals surface area contributed by atoms with Crippen molar-refractivity contribution in [2.75, 3.05) is 0 Å². The highest BCUT2D eigenvalue weighted by Gasteiger charge is 2.09. The summed E-state index contributed by atoms with van der Waals surface area (Å²) in [6.07, 6.45) is -0.167. The smallest absolute Gasteiger partial charge is 0.137 e. The van der Waals surface area contributed by atoms with Gasteiger partial charge in [0.1, 0.15) is 11.6 Å². The lowest BCUT2D eigenvalue weighted by atomic mass is 9.99. The molecule has 0 aromatic carbocycles. The van der Waals surface area contributed by atoms with Crippen LogP contribution in [-0.4, -0.2) is 28.3 Å². The first-order chi connectivity index (χ1) is 7.02. The van der Waals surface area contributed by atoms with E-state index in [1.807, 2.05) is 27.7 Å². The summed E-state index contributed by atoms with van der Waals surface area (Å²) in [5, 5.41) is 8.06. The molecule has 0 rings (SSSR count). The van der Waals surface area contributed by atoms with Crippen LogP contribution in [0.1, 0.15) is 55.4 Å². The Balaban J connectivity index is -0.0000000806. The van der Waals surface area contributed by atoms with E-state index >= 15 is 0 Å². The van der Waals surface area contributed by atoms with Gasteiger partial charge in [0.2, 0.25) is 0 Å². The normalized spacial score (nSPS) is 8.71. The fourth-order valence-corrected chi connectivity index (χ4v) is 0.667. The van der Waals surface area contributed by atoms with E-state index in [2.05, 4.69) is 0 Å². The first-order valence-corrected chi connectivity index (χ1v) is 5.71. The van der Waals surface area contributed by atoms with Crippen molar-refractivity contribution in [1.29, 1.82) is 0 Å². The monoisotopic (exact) mass is 250 g/mol. The zero-order valence-corrected chi connectivity index (χ0v) is 12.5. The molecule has 0 amide bonds. The van der Waals surface area contributed by atoms with Gasteiger partial charge in [-0.05, 0) is 27.7 Å². The standard InChI is InChI=1S/C7H14O.C3H8O.C3H6O.H2O/c1-5(2)7(8)6(3)4;2*1-3(2)4;/h5-6H,1-4H3;3-4H,1-2H3;1-2H3;1H2. The number of hydrogen-bond acceptors (Lipinski definition) is 3. The Kier molecular flexibility index (Phi) is 22.6. The number of carbonyl (C=O) groups excluding carboxylic acids is 2. The molecule has 0 aliphatic heterocycles. The summed E-state index contributed by atoms with van der Waals surface area (Å²) in [6.45, 7) is 14.2. The zero-order valence-electron chi connectivity index (χ0n) is 12.5. The van der Waals surface area contributed by atoms with Gasteiger partial charge >= 0.3 is 0 Å². The average molecular weight is 250 g/mol. The van der Waals surface area contributed by atoms with Crippen molar-refractivity contribution in [3.8, 4) is 0 Å². The molecule has 0 fully saturated rings. The predicted octanol–water partition coefficient (Wildman–Crippen LogP) is 2.03. The third kappa shape index (κ3) is 50.9. The number of ketones is 2. The van der Waals surface area contributed by atoms with E-state index in [-0.39, 0.29) is 29.2 Å². The summed E-state index contributed by atoms with van der Waals surface area (Å²) < 4.78 is 0. The highest BCUT2D eigenvalue weighted by atomic mass is 16.3. The fraction of sp³-hybridized carbons (Fsp3) is 0.846. The van der Waals surface area contributed by atoms with Crippen molar-refractivity contribution in [2.24, 2.45) is 11.8 Å². The molecule has 17 heavy (non-hydrogen) atoms. The maximum Gasteiger partial charge on any atom is 0.137 e. The lowest BCUT2D eigenvalue weighted by molar-refractivity contribution is -0.124. The van der Waals surface area contributed by atoms with E-state index in [4.69, 9.17) is 5.11 Å². The van der Waals surface area contributed by atoms with Gasteiger partial charge < -0.3 is 15.4 Å². The molecular weight excluding hydrogens is 220 g/mol. The topological polar surface area (TPSA) is 85.9 Å². The molecule has 0 saturated heterocycles.